The number of carbonyl (C=O) groups is 1. The highest BCUT2D eigenvalue weighted by Crippen LogP contribution is 2.44. The molecule has 98 valence electrons. The fourth-order valence-corrected chi connectivity index (χ4v) is 3.22. The Bertz CT molecular complexity index is 287. The zero-order valence-corrected chi connectivity index (χ0v) is 11.4. The molecule has 1 saturated heterocycles. The molecule has 0 aromatic rings. The maximum absolute atomic E-state index is 12.1. The highest BCUT2D eigenvalue weighted by atomic mass is 16.6. The van der Waals surface area contributed by atoms with Crippen LogP contribution in [0.4, 0.5) is 4.79 Å². The van der Waals surface area contributed by atoms with E-state index in [1.165, 1.54) is 32.1 Å². The van der Waals surface area contributed by atoms with E-state index in [9.17, 15) is 4.79 Å². The van der Waals surface area contributed by atoms with Gasteiger partial charge in [-0.1, -0.05) is 12.8 Å². The van der Waals surface area contributed by atoms with E-state index < -0.39 is 0 Å². The van der Waals surface area contributed by atoms with Crippen molar-refractivity contribution in [2.45, 2.75) is 64.9 Å². The molecule has 2 aliphatic rings. The second-order valence-corrected chi connectivity index (χ2v) is 6.71. The SMILES string of the molecule is CC(C)(C)OC(=O)N1CCCC2(CCCC2)C1. The molecule has 1 aliphatic heterocycles. The summed E-state index contributed by atoms with van der Waals surface area (Å²) in [5, 5.41) is 0. The zero-order valence-electron chi connectivity index (χ0n) is 11.4. The van der Waals surface area contributed by atoms with Crippen LogP contribution in [0.15, 0.2) is 0 Å². The van der Waals surface area contributed by atoms with Crippen LogP contribution in [0.25, 0.3) is 0 Å². The van der Waals surface area contributed by atoms with Crippen LogP contribution in [0, 0.1) is 5.41 Å². The molecule has 3 heteroatoms. The first-order valence-corrected chi connectivity index (χ1v) is 6.88. The Hall–Kier alpha value is -0.730. The fraction of sp³-hybridized carbons (Fsp3) is 0.929. The van der Waals surface area contributed by atoms with Crippen molar-refractivity contribution in [2.75, 3.05) is 13.1 Å². The van der Waals surface area contributed by atoms with Gasteiger partial charge in [0.25, 0.3) is 0 Å². The predicted molar refractivity (Wildman–Crippen MR) is 67.9 cm³/mol. The van der Waals surface area contributed by atoms with Gasteiger partial charge in [0.05, 0.1) is 0 Å². The van der Waals surface area contributed by atoms with Crippen molar-refractivity contribution < 1.29 is 9.53 Å². The molecule has 17 heavy (non-hydrogen) atoms. The summed E-state index contributed by atoms with van der Waals surface area (Å²) in [5.74, 6) is 0. The number of likely N-dealkylation sites (tertiary alicyclic amines) is 1. The molecule has 0 atom stereocenters. The Morgan fingerprint density at radius 3 is 2.29 bits per heavy atom. The summed E-state index contributed by atoms with van der Waals surface area (Å²) in [6.45, 7) is 7.58. The van der Waals surface area contributed by atoms with Gasteiger partial charge in [-0.2, -0.15) is 0 Å². The maximum Gasteiger partial charge on any atom is 0.410 e. The number of hydrogen-bond acceptors (Lipinski definition) is 2. The number of hydrogen-bond donors (Lipinski definition) is 0. The van der Waals surface area contributed by atoms with Crippen LogP contribution in [0.5, 0.6) is 0 Å². The molecule has 0 bridgehead atoms. The Morgan fingerprint density at radius 2 is 1.71 bits per heavy atom. The van der Waals surface area contributed by atoms with Gasteiger partial charge in [-0.3, -0.25) is 0 Å². The lowest BCUT2D eigenvalue weighted by Crippen LogP contribution is -2.46. The summed E-state index contributed by atoms with van der Waals surface area (Å²) in [6.07, 6.45) is 7.58. The Kier molecular flexibility index (Phi) is 3.37. The van der Waals surface area contributed by atoms with Crippen molar-refractivity contribution in [3.8, 4) is 0 Å². The van der Waals surface area contributed by atoms with Gasteiger partial charge >= 0.3 is 6.09 Å². The molecule has 0 aromatic heterocycles. The van der Waals surface area contributed by atoms with E-state index in [0.717, 1.165) is 19.5 Å². The maximum atomic E-state index is 12.1. The molecular weight excluding hydrogens is 214 g/mol. The first kappa shape index (κ1) is 12.7. The molecule has 1 amide bonds. The highest BCUT2D eigenvalue weighted by Gasteiger charge is 2.40. The lowest BCUT2D eigenvalue weighted by Gasteiger charge is -2.40. The first-order valence-electron chi connectivity index (χ1n) is 6.88. The van der Waals surface area contributed by atoms with Crippen LogP contribution >= 0.6 is 0 Å². The zero-order chi connectivity index (χ0) is 12.5. The van der Waals surface area contributed by atoms with Crippen LogP contribution < -0.4 is 0 Å². The molecule has 0 unspecified atom stereocenters. The Balaban J connectivity index is 1.95. The van der Waals surface area contributed by atoms with Crippen molar-refractivity contribution >= 4 is 6.09 Å². The third kappa shape index (κ3) is 3.14. The third-order valence-electron chi connectivity index (χ3n) is 3.98. The van der Waals surface area contributed by atoms with Gasteiger partial charge in [0.2, 0.25) is 0 Å². The number of rotatable bonds is 0. The van der Waals surface area contributed by atoms with Gasteiger partial charge in [0.15, 0.2) is 0 Å². The average molecular weight is 239 g/mol. The third-order valence-corrected chi connectivity index (χ3v) is 3.98. The standard InChI is InChI=1S/C14H25NO2/c1-13(2,3)17-12(16)15-10-6-9-14(11-15)7-4-5-8-14/h4-11H2,1-3H3. The van der Waals surface area contributed by atoms with Crippen LogP contribution in [-0.2, 0) is 4.74 Å². The van der Waals surface area contributed by atoms with E-state index in [1.807, 2.05) is 25.7 Å². The molecule has 1 aliphatic carbocycles. The quantitative estimate of drug-likeness (QED) is 0.646. The van der Waals surface area contributed by atoms with E-state index >= 15 is 0 Å². The van der Waals surface area contributed by atoms with Crippen molar-refractivity contribution in [2.24, 2.45) is 5.41 Å². The molecule has 0 N–H and O–H groups in total. The van der Waals surface area contributed by atoms with Gasteiger partial charge in [-0.15, -0.1) is 0 Å². The van der Waals surface area contributed by atoms with Crippen molar-refractivity contribution in [1.29, 1.82) is 0 Å². The highest BCUT2D eigenvalue weighted by molar-refractivity contribution is 5.68. The summed E-state index contributed by atoms with van der Waals surface area (Å²) in [7, 11) is 0. The van der Waals surface area contributed by atoms with Gasteiger partial charge < -0.3 is 9.64 Å². The van der Waals surface area contributed by atoms with Crippen LogP contribution in [0.3, 0.4) is 0 Å². The normalized spacial score (nSPS) is 24.1. The van der Waals surface area contributed by atoms with Gasteiger partial charge in [0, 0.05) is 13.1 Å². The largest absolute Gasteiger partial charge is 0.444 e. The summed E-state index contributed by atoms with van der Waals surface area (Å²) in [6, 6.07) is 0. The number of piperidine rings is 1. The molecule has 1 heterocycles. The number of amides is 1. The molecule has 3 nitrogen and oxygen atoms in total. The molecule has 2 rings (SSSR count). The fourth-order valence-electron chi connectivity index (χ4n) is 3.22. The number of carbonyl (C=O) groups excluding carboxylic acids is 1. The van der Waals surface area contributed by atoms with E-state index in [2.05, 4.69) is 0 Å². The van der Waals surface area contributed by atoms with Gasteiger partial charge in [0.1, 0.15) is 5.60 Å². The van der Waals surface area contributed by atoms with Crippen LogP contribution in [0.2, 0.25) is 0 Å². The molecule has 0 aromatic carbocycles. The molecule has 1 spiro atoms. The minimum atomic E-state index is -0.378. The first-order chi connectivity index (χ1) is 7.90. The topological polar surface area (TPSA) is 29.5 Å². The summed E-state index contributed by atoms with van der Waals surface area (Å²) in [4.78, 5) is 14.0. The number of ether oxygens (including phenoxy) is 1. The minimum Gasteiger partial charge on any atom is -0.444 e. The monoisotopic (exact) mass is 239 g/mol. The Morgan fingerprint density at radius 1 is 1.12 bits per heavy atom. The minimum absolute atomic E-state index is 0.122. The van der Waals surface area contributed by atoms with E-state index in [0.29, 0.717) is 5.41 Å². The average Bonchev–Trinajstić information content (AvgIpc) is 2.64. The number of nitrogens with zero attached hydrogens (tertiary/aromatic N) is 1. The van der Waals surface area contributed by atoms with Gasteiger partial charge in [-0.25, -0.2) is 4.79 Å². The summed E-state index contributed by atoms with van der Waals surface area (Å²) < 4.78 is 5.47. The van der Waals surface area contributed by atoms with E-state index in [1.54, 1.807) is 0 Å². The van der Waals surface area contributed by atoms with Crippen molar-refractivity contribution in [3.63, 3.8) is 0 Å². The molecular formula is C14H25NO2. The van der Waals surface area contributed by atoms with E-state index in [-0.39, 0.29) is 11.7 Å². The smallest absolute Gasteiger partial charge is 0.410 e. The lowest BCUT2D eigenvalue weighted by molar-refractivity contribution is 0.00499. The van der Waals surface area contributed by atoms with Crippen molar-refractivity contribution in [1.82, 2.24) is 4.90 Å². The molecule has 1 saturated carbocycles. The van der Waals surface area contributed by atoms with Crippen LogP contribution in [-0.4, -0.2) is 29.7 Å². The second-order valence-electron chi connectivity index (χ2n) is 6.71. The summed E-state index contributed by atoms with van der Waals surface area (Å²) in [5.41, 5.74) is 0.0481. The molecule has 2 fully saturated rings. The predicted octanol–water partition coefficient (Wildman–Crippen LogP) is 3.58. The Labute approximate surface area is 105 Å². The second kappa shape index (κ2) is 4.51. The lowest BCUT2D eigenvalue weighted by atomic mass is 9.78. The van der Waals surface area contributed by atoms with Crippen LogP contribution in [0.1, 0.15) is 59.3 Å². The summed E-state index contributed by atoms with van der Waals surface area (Å²) >= 11 is 0. The molecule has 0 radical (unpaired) electrons. The van der Waals surface area contributed by atoms with Gasteiger partial charge in [-0.05, 0) is 51.9 Å². The van der Waals surface area contributed by atoms with Crippen molar-refractivity contribution in [3.05, 3.63) is 0 Å². The van der Waals surface area contributed by atoms with E-state index in [4.69, 9.17) is 4.74 Å².